The van der Waals surface area contributed by atoms with Crippen LogP contribution in [-0.4, -0.2) is 18.7 Å². The molecule has 3 nitrogen and oxygen atoms in total. The molecule has 0 heterocycles. The van der Waals surface area contributed by atoms with Crippen LogP contribution in [0.25, 0.3) is 0 Å². The van der Waals surface area contributed by atoms with Crippen molar-refractivity contribution in [2.75, 3.05) is 6.61 Å². The van der Waals surface area contributed by atoms with Gasteiger partial charge in [0.25, 0.3) is 0 Å². The molecule has 0 saturated heterocycles. The molecule has 1 aliphatic carbocycles. The smallest absolute Gasteiger partial charge is 0.309 e. The van der Waals surface area contributed by atoms with Gasteiger partial charge in [0.2, 0.25) is 0 Å². The van der Waals surface area contributed by atoms with E-state index in [-0.39, 0.29) is 12.1 Å². The zero-order valence-electron chi connectivity index (χ0n) is 13.8. The second-order valence-corrected chi connectivity index (χ2v) is 6.23. The van der Waals surface area contributed by atoms with E-state index in [1.165, 1.54) is 24.8 Å². The number of ether oxygens (including phenoxy) is 2. The van der Waals surface area contributed by atoms with Crippen LogP contribution >= 0.6 is 0 Å². The summed E-state index contributed by atoms with van der Waals surface area (Å²) in [6.07, 6.45) is 7.25. The Bertz CT molecular complexity index is 446. The molecule has 0 aromatic heterocycles. The molecule has 2 rings (SSSR count). The molecule has 1 fully saturated rings. The van der Waals surface area contributed by atoms with Crippen molar-refractivity contribution in [1.82, 2.24) is 0 Å². The van der Waals surface area contributed by atoms with Crippen molar-refractivity contribution in [3.05, 3.63) is 29.8 Å². The average molecular weight is 304 g/mol. The molecule has 1 aliphatic rings. The number of carbonyl (C=O) groups excluding carboxylic acids is 1. The molecule has 1 aromatic carbocycles. The molecule has 0 radical (unpaired) electrons. The molecular formula is C19H28O3. The summed E-state index contributed by atoms with van der Waals surface area (Å²) >= 11 is 0. The third-order valence-corrected chi connectivity index (χ3v) is 4.49. The van der Waals surface area contributed by atoms with Crippen LogP contribution in [0.15, 0.2) is 24.3 Å². The highest BCUT2D eigenvalue weighted by Crippen LogP contribution is 2.22. The molecule has 1 aromatic rings. The van der Waals surface area contributed by atoms with Gasteiger partial charge < -0.3 is 9.47 Å². The Kier molecular flexibility index (Phi) is 6.75. The standard InChI is InChI=1S/C19H28O3/c1-3-15(2)16-9-11-17(12-10-16)21-14-13-19(20)22-18-7-5-4-6-8-18/h9-12,15,18H,3-8,13-14H2,1-2H3. The van der Waals surface area contributed by atoms with Gasteiger partial charge in [-0.1, -0.05) is 32.4 Å². The largest absolute Gasteiger partial charge is 0.493 e. The number of carbonyl (C=O) groups is 1. The SMILES string of the molecule is CCC(C)c1ccc(OCCC(=O)OC2CCCCC2)cc1. The van der Waals surface area contributed by atoms with Gasteiger partial charge in [-0.3, -0.25) is 4.79 Å². The Morgan fingerprint density at radius 3 is 2.50 bits per heavy atom. The van der Waals surface area contributed by atoms with Crippen LogP contribution in [0.4, 0.5) is 0 Å². The lowest BCUT2D eigenvalue weighted by atomic mass is 9.98. The molecule has 1 unspecified atom stereocenters. The number of hydrogen-bond acceptors (Lipinski definition) is 3. The van der Waals surface area contributed by atoms with E-state index in [4.69, 9.17) is 9.47 Å². The van der Waals surface area contributed by atoms with Crippen molar-refractivity contribution < 1.29 is 14.3 Å². The summed E-state index contributed by atoms with van der Waals surface area (Å²) in [7, 11) is 0. The molecule has 0 N–H and O–H groups in total. The molecule has 122 valence electrons. The number of benzene rings is 1. The molecule has 3 heteroatoms. The van der Waals surface area contributed by atoms with Crippen LogP contribution in [0.2, 0.25) is 0 Å². The molecule has 1 atom stereocenters. The van der Waals surface area contributed by atoms with Gasteiger partial charge in [-0.25, -0.2) is 0 Å². The predicted octanol–water partition coefficient (Wildman–Crippen LogP) is 4.84. The van der Waals surface area contributed by atoms with Gasteiger partial charge in [0.05, 0.1) is 13.0 Å². The Morgan fingerprint density at radius 1 is 1.18 bits per heavy atom. The predicted molar refractivity (Wildman–Crippen MR) is 88.2 cm³/mol. The highest BCUT2D eigenvalue weighted by Gasteiger charge is 2.17. The Labute approximate surface area is 134 Å². The van der Waals surface area contributed by atoms with Crippen LogP contribution in [0.3, 0.4) is 0 Å². The fraction of sp³-hybridized carbons (Fsp3) is 0.632. The molecule has 1 saturated carbocycles. The quantitative estimate of drug-likeness (QED) is 0.676. The third-order valence-electron chi connectivity index (χ3n) is 4.49. The Hall–Kier alpha value is -1.51. The Balaban J connectivity index is 1.68. The van der Waals surface area contributed by atoms with Crippen LogP contribution in [-0.2, 0) is 9.53 Å². The van der Waals surface area contributed by atoms with Crippen LogP contribution in [0.1, 0.15) is 70.3 Å². The van der Waals surface area contributed by atoms with Crippen molar-refractivity contribution in [3.63, 3.8) is 0 Å². The normalized spacial score (nSPS) is 17.0. The van der Waals surface area contributed by atoms with Crippen molar-refractivity contribution in [2.45, 2.75) is 70.8 Å². The van der Waals surface area contributed by atoms with E-state index in [0.717, 1.165) is 25.0 Å². The lowest BCUT2D eigenvalue weighted by Crippen LogP contribution is -2.21. The maximum Gasteiger partial charge on any atom is 0.309 e. The molecular weight excluding hydrogens is 276 g/mol. The molecule has 0 spiro atoms. The lowest BCUT2D eigenvalue weighted by Gasteiger charge is -2.21. The number of esters is 1. The van der Waals surface area contributed by atoms with Gasteiger partial charge in [0.15, 0.2) is 0 Å². The summed E-state index contributed by atoms with van der Waals surface area (Å²) in [4.78, 5) is 11.8. The van der Waals surface area contributed by atoms with E-state index < -0.39 is 0 Å². The first-order chi connectivity index (χ1) is 10.7. The zero-order valence-corrected chi connectivity index (χ0v) is 13.8. The lowest BCUT2D eigenvalue weighted by molar-refractivity contribution is -0.151. The molecule has 0 bridgehead atoms. The van der Waals surface area contributed by atoms with Gasteiger partial charge in [-0.05, 0) is 55.7 Å². The van der Waals surface area contributed by atoms with Crippen LogP contribution in [0.5, 0.6) is 5.75 Å². The highest BCUT2D eigenvalue weighted by molar-refractivity contribution is 5.69. The average Bonchev–Trinajstić information content (AvgIpc) is 2.55. The maximum atomic E-state index is 11.8. The fourth-order valence-electron chi connectivity index (χ4n) is 2.81. The van der Waals surface area contributed by atoms with Crippen molar-refractivity contribution in [3.8, 4) is 5.75 Å². The second-order valence-electron chi connectivity index (χ2n) is 6.23. The summed E-state index contributed by atoms with van der Waals surface area (Å²) in [6.45, 7) is 4.79. The number of hydrogen-bond donors (Lipinski definition) is 0. The summed E-state index contributed by atoms with van der Waals surface area (Å²) in [5.74, 6) is 1.25. The first-order valence-electron chi connectivity index (χ1n) is 8.61. The zero-order chi connectivity index (χ0) is 15.8. The van der Waals surface area contributed by atoms with E-state index in [2.05, 4.69) is 26.0 Å². The van der Waals surface area contributed by atoms with E-state index in [1.54, 1.807) is 0 Å². The van der Waals surface area contributed by atoms with E-state index >= 15 is 0 Å². The summed E-state index contributed by atoms with van der Waals surface area (Å²) < 4.78 is 11.1. The fourth-order valence-corrected chi connectivity index (χ4v) is 2.81. The van der Waals surface area contributed by atoms with Crippen molar-refractivity contribution in [2.24, 2.45) is 0 Å². The highest BCUT2D eigenvalue weighted by atomic mass is 16.5. The van der Waals surface area contributed by atoms with E-state index in [0.29, 0.717) is 18.9 Å². The van der Waals surface area contributed by atoms with Crippen molar-refractivity contribution >= 4 is 5.97 Å². The van der Waals surface area contributed by atoms with Crippen LogP contribution in [0, 0.1) is 0 Å². The van der Waals surface area contributed by atoms with E-state index in [9.17, 15) is 4.79 Å². The first-order valence-corrected chi connectivity index (χ1v) is 8.61. The maximum absolute atomic E-state index is 11.8. The molecule has 0 amide bonds. The minimum atomic E-state index is -0.136. The van der Waals surface area contributed by atoms with Crippen molar-refractivity contribution in [1.29, 1.82) is 0 Å². The summed E-state index contributed by atoms with van der Waals surface area (Å²) in [6, 6.07) is 8.16. The van der Waals surface area contributed by atoms with E-state index in [1.807, 2.05) is 12.1 Å². The second kappa shape index (κ2) is 8.82. The topological polar surface area (TPSA) is 35.5 Å². The number of rotatable bonds is 7. The minimum Gasteiger partial charge on any atom is -0.493 e. The Morgan fingerprint density at radius 2 is 1.86 bits per heavy atom. The molecule has 22 heavy (non-hydrogen) atoms. The minimum absolute atomic E-state index is 0.135. The summed E-state index contributed by atoms with van der Waals surface area (Å²) in [5.41, 5.74) is 1.33. The third kappa shape index (κ3) is 5.36. The van der Waals surface area contributed by atoms with Gasteiger partial charge in [0.1, 0.15) is 11.9 Å². The first kappa shape index (κ1) is 16.9. The monoisotopic (exact) mass is 304 g/mol. The van der Waals surface area contributed by atoms with Gasteiger partial charge in [0, 0.05) is 0 Å². The van der Waals surface area contributed by atoms with Gasteiger partial charge in [-0.15, -0.1) is 0 Å². The van der Waals surface area contributed by atoms with Gasteiger partial charge in [-0.2, -0.15) is 0 Å². The molecule has 0 aliphatic heterocycles. The summed E-state index contributed by atoms with van der Waals surface area (Å²) in [5, 5.41) is 0. The van der Waals surface area contributed by atoms with Crippen LogP contribution < -0.4 is 4.74 Å². The van der Waals surface area contributed by atoms with Gasteiger partial charge >= 0.3 is 5.97 Å².